The normalized spacial score (nSPS) is 10.5. The number of rotatable bonds is 5. The zero-order valence-electron chi connectivity index (χ0n) is 15.9. The SMILES string of the molecule is COC(=O)c1c(CC(=O)Oc2c(C)cc(C)cc2C)[nH]c(C(C)=O)c1C. The van der Waals surface area contributed by atoms with Gasteiger partial charge in [-0.05, 0) is 44.4 Å². The Hall–Kier alpha value is -2.89. The van der Waals surface area contributed by atoms with Crippen LogP contribution < -0.4 is 4.74 Å². The first-order valence-electron chi connectivity index (χ1n) is 8.24. The number of hydrogen-bond acceptors (Lipinski definition) is 5. The van der Waals surface area contributed by atoms with Crippen LogP contribution in [0.3, 0.4) is 0 Å². The number of Topliss-reactive ketones (excluding diaryl/α,β-unsaturated/α-hetero) is 1. The number of esters is 2. The predicted octanol–water partition coefficient (Wildman–Crippen LogP) is 3.39. The number of aromatic nitrogens is 1. The van der Waals surface area contributed by atoms with Gasteiger partial charge in [0.1, 0.15) is 5.75 Å². The Balaban J connectivity index is 2.33. The number of aryl methyl sites for hydroxylation is 3. The van der Waals surface area contributed by atoms with E-state index in [4.69, 9.17) is 9.47 Å². The summed E-state index contributed by atoms with van der Waals surface area (Å²) in [4.78, 5) is 39.1. The fourth-order valence-electron chi connectivity index (χ4n) is 3.14. The summed E-state index contributed by atoms with van der Waals surface area (Å²) in [5, 5.41) is 0. The van der Waals surface area contributed by atoms with Crippen LogP contribution in [0.25, 0.3) is 0 Å². The van der Waals surface area contributed by atoms with Gasteiger partial charge in [-0.25, -0.2) is 4.79 Å². The van der Waals surface area contributed by atoms with Gasteiger partial charge in [0.2, 0.25) is 0 Å². The molecule has 0 radical (unpaired) electrons. The third-order valence-electron chi connectivity index (χ3n) is 4.21. The van der Waals surface area contributed by atoms with Crippen LogP contribution in [0.5, 0.6) is 5.75 Å². The third kappa shape index (κ3) is 3.85. The largest absolute Gasteiger partial charge is 0.465 e. The lowest BCUT2D eigenvalue weighted by Crippen LogP contribution is -2.16. The molecule has 2 aromatic rings. The van der Waals surface area contributed by atoms with Gasteiger partial charge in [-0.3, -0.25) is 9.59 Å². The monoisotopic (exact) mass is 357 g/mol. The number of ketones is 1. The molecule has 0 spiro atoms. The molecule has 0 bridgehead atoms. The van der Waals surface area contributed by atoms with Crippen LogP contribution in [-0.2, 0) is 16.0 Å². The van der Waals surface area contributed by atoms with Gasteiger partial charge in [-0.15, -0.1) is 0 Å². The average Bonchev–Trinajstić information content (AvgIpc) is 2.86. The van der Waals surface area contributed by atoms with Crippen molar-refractivity contribution in [2.24, 2.45) is 0 Å². The highest BCUT2D eigenvalue weighted by Crippen LogP contribution is 2.26. The second-order valence-corrected chi connectivity index (χ2v) is 6.41. The topological polar surface area (TPSA) is 85.5 Å². The molecule has 0 aliphatic heterocycles. The lowest BCUT2D eigenvalue weighted by atomic mass is 10.1. The number of benzene rings is 1. The molecule has 1 N–H and O–H groups in total. The van der Waals surface area contributed by atoms with Crippen LogP contribution in [0.1, 0.15) is 55.7 Å². The molecular weight excluding hydrogens is 334 g/mol. The Morgan fingerprint density at radius 2 is 1.62 bits per heavy atom. The molecule has 1 aromatic heterocycles. The van der Waals surface area contributed by atoms with Crippen molar-refractivity contribution in [1.82, 2.24) is 4.98 Å². The Bertz CT molecular complexity index is 869. The van der Waals surface area contributed by atoms with E-state index in [1.54, 1.807) is 6.92 Å². The van der Waals surface area contributed by atoms with E-state index >= 15 is 0 Å². The molecule has 0 aliphatic carbocycles. The van der Waals surface area contributed by atoms with Crippen LogP contribution in [0.15, 0.2) is 12.1 Å². The van der Waals surface area contributed by atoms with Crippen LogP contribution in [-0.4, -0.2) is 29.8 Å². The third-order valence-corrected chi connectivity index (χ3v) is 4.21. The molecule has 0 aliphatic rings. The summed E-state index contributed by atoms with van der Waals surface area (Å²) >= 11 is 0. The van der Waals surface area contributed by atoms with Gasteiger partial charge in [0.15, 0.2) is 5.78 Å². The Morgan fingerprint density at radius 3 is 2.12 bits per heavy atom. The second-order valence-electron chi connectivity index (χ2n) is 6.41. The minimum absolute atomic E-state index is 0.175. The molecule has 0 saturated heterocycles. The van der Waals surface area contributed by atoms with E-state index in [0.29, 0.717) is 17.0 Å². The van der Waals surface area contributed by atoms with Crippen LogP contribution >= 0.6 is 0 Å². The zero-order valence-corrected chi connectivity index (χ0v) is 15.9. The zero-order chi connectivity index (χ0) is 19.6. The van der Waals surface area contributed by atoms with E-state index in [1.165, 1.54) is 14.0 Å². The Kier molecular flexibility index (Phi) is 5.65. The van der Waals surface area contributed by atoms with E-state index in [9.17, 15) is 14.4 Å². The van der Waals surface area contributed by atoms with Crippen molar-refractivity contribution < 1.29 is 23.9 Å². The van der Waals surface area contributed by atoms with Crippen molar-refractivity contribution in [3.63, 3.8) is 0 Å². The highest BCUT2D eigenvalue weighted by atomic mass is 16.5. The molecule has 6 nitrogen and oxygen atoms in total. The van der Waals surface area contributed by atoms with Crippen molar-refractivity contribution in [3.8, 4) is 5.75 Å². The molecule has 26 heavy (non-hydrogen) atoms. The van der Waals surface area contributed by atoms with Crippen molar-refractivity contribution in [1.29, 1.82) is 0 Å². The molecule has 0 saturated carbocycles. The number of aromatic amines is 1. The van der Waals surface area contributed by atoms with E-state index in [1.807, 2.05) is 32.9 Å². The first kappa shape index (κ1) is 19.4. The molecule has 0 unspecified atom stereocenters. The Morgan fingerprint density at radius 1 is 1.04 bits per heavy atom. The van der Waals surface area contributed by atoms with Gasteiger partial charge in [0.05, 0.1) is 24.8 Å². The summed E-state index contributed by atoms with van der Waals surface area (Å²) in [7, 11) is 1.25. The first-order chi connectivity index (χ1) is 12.1. The molecule has 0 fully saturated rings. The quantitative estimate of drug-likeness (QED) is 0.504. The number of carbonyl (C=O) groups excluding carboxylic acids is 3. The highest BCUT2D eigenvalue weighted by molar-refractivity contribution is 6.01. The molecule has 1 aromatic carbocycles. The number of hydrogen-bond donors (Lipinski definition) is 1. The predicted molar refractivity (Wildman–Crippen MR) is 96.9 cm³/mol. The smallest absolute Gasteiger partial charge is 0.339 e. The summed E-state index contributed by atoms with van der Waals surface area (Å²) in [5.74, 6) is -0.842. The molecule has 0 amide bonds. The van der Waals surface area contributed by atoms with Gasteiger partial charge in [-0.2, -0.15) is 0 Å². The van der Waals surface area contributed by atoms with E-state index < -0.39 is 11.9 Å². The fraction of sp³-hybridized carbons (Fsp3) is 0.350. The maximum Gasteiger partial charge on any atom is 0.339 e. The molecule has 6 heteroatoms. The van der Waals surface area contributed by atoms with Crippen molar-refractivity contribution >= 4 is 17.7 Å². The minimum Gasteiger partial charge on any atom is -0.465 e. The van der Waals surface area contributed by atoms with Crippen LogP contribution in [0.4, 0.5) is 0 Å². The maximum atomic E-state index is 12.4. The molecule has 2 rings (SSSR count). The molecular formula is C20H23NO5. The summed E-state index contributed by atoms with van der Waals surface area (Å²) < 4.78 is 10.3. The number of ether oxygens (including phenoxy) is 2. The molecule has 138 valence electrons. The number of nitrogens with one attached hydrogen (secondary N) is 1. The van der Waals surface area contributed by atoms with E-state index in [2.05, 4.69) is 4.98 Å². The van der Waals surface area contributed by atoms with Crippen molar-refractivity contribution in [2.45, 2.75) is 41.0 Å². The lowest BCUT2D eigenvalue weighted by molar-refractivity contribution is -0.133. The van der Waals surface area contributed by atoms with Crippen molar-refractivity contribution in [2.75, 3.05) is 7.11 Å². The summed E-state index contributed by atoms with van der Waals surface area (Å²) in [6, 6.07) is 3.87. The average molecular weight is 357 g/mol. The summed E-state index contributed by atoms with van der Waals surface area (Å²) in [5.41, 5.74) is 4.07. The Labute approximate surface area is 152 Å². The number of H-pyrrole nitrogens is 1. The van der Waals surface area contributed by atoms with Gasteiger partial charge in [0, 0.05) is 12.6 Å². The highest BCUT2D eigenvalue weighted by Gasteiger charge is 2.25. The van der Waals surface area contributed by atoms with E-state index in [0.717, 1.165) is 16.7 Å². The van der Waals surface area contributed by atoms with Gasteiger partial charge >= 0.3 is 11.9 Å². The van der Waals surface area contributed by atoms with Crippen LogP contribution in [0.2, 0.25) is 0 Å². The minimum atomic E-state index is -0.600. The van der Waals surface area contributed by atoms with Crippen molar-refractivity contribution in [3.05, 3.63) is 51.3 Å². The fourth-order valence-corrected chi connectivity index (χ4v) is 3.14. The van der Waals surface area contributed by atoms with Crippen LogP contribution in [0, 0.1) is 27.7 Å². The van der Waals surface area contributed by atoms with Gasteiger partial charge in [0.25, 0.3) is 0 Å². The number of carbonyl (C=O) groups is 3. The van der Waals surface area contributed by atoms with Gasteiger partial charge < -0.3 is 14.5 Å². The lowest BCUT2D eigenvalue weighted by Gasteiger charge is -2.11. The van der Waals surface area contributed by atoms with E-state index in [-0.39, 0.29) is 23.5 Å². The standard InChI is InChI=1S/C20H23NO5/c1-10-7-11(2)19(12(3)8-10)26-16(23)9-15-17(20(24)25-6)13(4)18(21-15)14(5)22/h7-8,21H,9H2,1-6H3. The first-order valence-corrected chi connectivity index (χ1v) is 8.24. The molecule has 0 atom stereocenters. The number of methoxy groups -OCH3 is 1. The summed E-state index contributed by atoms with van der Waals surface area (Å²) in [6.45, 7) is 8.74. The molecule has 1 heterocycles. The summed E-state index contributed by atoms with van der Waals surface area (Å²) in [6.07, 6.45) is -0.175. The second kappa shape index (κ2) is 7.56. The maximum absolute atomic E-state index is 12.4. The van der Waals surface area contributed by atoms with Gasteiger partial charge in [-0.1, -0.05) is 17.7 Å².